The summed E-state index contributed by atoms with van der Waals surface area (Å²) in [5, 5.41) is 8.68. The Morgan fingerprint density at radius 3 is 2.38 bits per heavy atom. The summed E-state index contributed by atoms with van der Waals surface area (Å²) in [4.78, 5) is 22.7. The van der Waals surface area contributed by atoms with Gasteiger partial charge in [-0.2, -0.15) is 0 Å². The molecule has 0 fully saturated rings. The maximum Gasteiger partial charge on any atom is 0.350 e. The molecule has 0 spiro atoms. The average Bonchev–Trinajstić information content (AvgIpc) is 2.30. The van der Waals surface area contributed by atoms with Gasteiger partial charge in [-0.3, -0.25) is 4.79 Å². The first-order valence-corrected chi connectivity index (χ1v) is 4.60. The number of hydrogen-bond donors (Lipinski definition) is 1. The van der Waals surface area contributed by atoms with Crippen LogP contribution in [0.5, 0.6) is 0 Å². The zero-order chi connectivity index (χ0) is 11.5. The van der Waals surface area contributed by atoms with Crippen LogP contribution in [-0.2, 0) is 14.3 Å². The lowest BCUT2D eigenvalue weighted by atomic mass is 10.1. The number of carbonyl (C=O) groups is 2. The molecule has 0 aromatic heterocycles. The van der Waals surface area contributed by atoms with Gasteiger partial charge >= 0.3 is 5.97 Å². The smallest absolute Gasteiger partial charge is 0.350 e. The molecule has 0 atom stereocenters. The number of benzene rings is 1. The Bertz CT molecular complexity index is 497. The molecule has 0 saturated heterocycles. The summed E-state index contributed by atoms with van der Waals surface area (Å²) in [7, 11) is 0. The Hall–Kier alpha value is -2.36. The number of ether oxygens (including phenoxy) is 1. The van der Waals surface area contributed by atoms with Crippen molar-refractivity contribution in [2.75, 3.05) is 0 Å². The van der Waals surface area contributed by atoms with Crippen molar-refractivity contribution in [3.8, 4) is 0 Å². The second-order valence-electron chi connectivity index (χ2n) is 3.17. The van der Waals surface area contributed by atoms with E-state index in [-0.39, 0.29) is 11.3 Å². The fourth-order valence-corrected chi connectivity index (χ4v) is 1.34. The van der Waals surface area contributed by atoms with Crippen LogP contribution in [0.2, 0.25) is 0 Å². The molecule has 80 valence electrons. The summed E-state index contributed by atoms with van der Waals surface area (Å²) >= 11 is 0. The quantitative estimate of drug-likeness (QED) is 0.335. The van der Waals surface area contributed by atoms with Gasteiger partial charge in [-0.05, 0) is 0 Å². The first kappa shape index (κ1) is 10.2. The third-order valence-corrected chi connectivity index (χ3v) is 2.14. The van der Waals surface area contributed by atoms with Crippen LogP contribution < -0.4 is 0 Å². The van der Waals surface area contributed by atoms with Crippen molar-refractivity contribution < 1.29 is 19.4 Å². The molecule has 1 heterocycles. The summed E-state index contributed by atoms with van der Waals surface area (Å²) in [6.45, 7) is 0. The van der Waals surface area contributed by atoms with Crippen molar-refractivity contribution in [2.24, 2.45) is 0 Å². The van der Waals surface area contributed by atoms with Gasteiger partial charge in [0.05, 0.1) is 6.26 Å². The van der Waals surface area contributed by atoms with Gasteiger partial charge in [0.1, 0.15) is 11.3 Å². The number of aliphatic hydroxyl groups is 1. The van der Waals surface area contributed by atoms with Crippen LogP contribution in [0.25, 0.3) is 5.76 Å². The number of carbonyl (C=O) groups excluding carboxylic acids is 2. The first-order chi connectivity index (χ1) is 7.72. The lowest BCUT2D eigenvalue weighted by Crippen LogP contribution is -2.19. The molecule has 2 rings (SSSR count). The summed E-state index contributed by atoms with van der Waals surface area (Å²) in [6.07, 6.45) is 1.64. The minimum Gasteiger partial charge on any atom is -0.515 e. The molecule has 0 radical (unpaired) electrons. The second-order valence-corrected chi connectivity index (χ2v) is 3.17. The molecule has 0 amide bonds. The maximum atomic E-state index is 11.4. The Morgan fingerprint density at radius 1 is 1.12 bits per heavy atom. The zero-order valence-corrected chi connectivity index (χ0v) is 8.21. The van der Waals surface area contributed by atoms with E-state index in [4.69, 9.17) is 9.84 Å². The molecular formula is C12H8O4. The predicted octanol–water partition coefficient (Wildman–Crippen LogP) is 1.60. The molecule has 4 nitrogen and oxygen atoms in total. The molecule has 1 aliphatic rings. The van der Waals surface area contributed by atoms with Crippen LogP contribution in [0.3, 0.4) is 0 Å². The molecule has 1 aromatic rings. The number of hydrogen-bond acceptors (Lipinski definition) is 4. The van der Waals surface area contributed by atoms with E-state index in [9.17, 15) is 9.59 Å². The summed E-state index contributed by atoms with van der Waals surface area (Å²) < 4.78 is 4.92. The van der Waals surface area contributed by atoms with Crippen LogP contribution in [0.1, 0.15) is 5.56 Å². The Balaban J connectivity index is 2.40. The van der Waals surface area contributed by atoms with Crippen molar-refractivity contribution in [3.63, 3.8) is 0 Å². The zero-order valence-electron chi connectivity index (χ0n) is 8.21. The highest BCUT2D eigenvalue weighted by Crippen LogP contribution is 2.22. The minimum atomic E-state index is -0.839. The van der Waals surface area contributed by atoms with Crippen molar-refractivity contribution >= 4 is 17.5 Å². The standard InChI is InChI=1S/C12H8O4/c13-7-9-10(14)6-11(16-12(9)15)8-4-2-1-3-5-8/h1-7,13H. The highest BCUT2D eigenvalue weighted by Gasteiger charge is 2.26. The molecule has 0 bridgehead atoms. The SMILES string of the molecule is O=C1C=C(c2ccccc2)OC(=O)C1=CO. The van der Waals surface area contributed by atoms with E-state index >= 15 is 0 Å². The number of aliphatic hydroxyl groups excluding tert-OH is 1. The molecule has 0 aliphatic carbocycles. The van der Waals surface area contributed by atoms with Gasteiger partial charge in [-0.25, -0.2) is 4.79 Å². The second kappa shape index (κ2) is 4.02. The van der Waals surface area contributed by atoms with E-state index in [1.165, 1.54) is 6.08 Å². The molecule has 0 unspecified atom stereocenters. The van der Waals surface area contributed by atoms with Gasteiger partial charge in [-0.1, -0.05) is 30.3 Å². The molecular weight excluding hydrogens is 208 g/mol. The van der Waals surface area contributed by atoms with Crippen LogP contribution in [0, 0.1) is 0 Å². The fourth-order valence-electron chi connectivity index (χ4n) is 1.34. The lowest BCUT2D eigenvalue weighted by Gasteiger charge is -2.13. The largest absolute Gasteiger partial charge is 0.515 e. The van der Waals surface area contributed by atoms with Gasteiger partial charge in [0.2, 0.25) is 0 Å². The third kappa shape index (κ3) is 1.72. The highest BCUT2D eigenvalue weighted by atomic mass is 16.5. The van der Waals surface area contributed by atoms with E-state index in [2.05, 4.69) is 0 Å². The Kier molecular flexibility index (Phi) is 2.55. The topological polar surface area (TPSA) is 63.6 Å². The van der Waals surface area contributed by atoms with Crippen LogP contribution in [0.4, 0.5) is 0 Å². The minimum absolute atomic E-state index is 0.196. The van der Waals surface area contributed by atoms with E-state index in [1.807, 2.05) is 6.07 Å². The molecule has 16 heavy (non-hydrogen) atoms. The van der Waals surface area contributed by atoms with Gasteiger partial charge in [0, 0.05) is 11.6 Å². The van der Waals surface area contributed by atoms with E-state index in [1.54, 1.807) is 24.3 Å². The predicted molar refractivity (Wildman–Crippen MR) is 56.2 cm³/mol. The number of esters is 1. The summed E-state index contributed by atoms with van der Waals surface area (Å²) in [5.41, 5.74) is 0.279. The molecule has 1 aliphatic heterocycles. The number of ketones is 1. The van der Waals surface area contributed by atoms with Gasteiger partial charge < -0.3 is 9.84 Å². The van der Waals surface area contributed by atoms with Crippen molar-refractivity contribution in [1.82, 2.24) is 0 Å². The number of cyclic esters (lactones) is 1. The van der Waals surface area contributed by atoms with E-state index < -0.39 is 11.8 Å². The maximum absolute atomic E-state index is 11.4. The fraction of sp³-hybridized carbons (Fsp3) is 0. The number of allylic oxidation sites excluding steroid dienone is 1. The van der Waals surface area contributed by atoms with Crippen LogP contribution in [-0.4, -0.2) is 16.9 Å². The van der Waals surface area contributed by atoms with E-state index in [0.29, 0.717) is 11.8 Å². The van der Waals surface area contributed by atoms with Crippen molar-refractivity contribution in [2.45, 2.75) is 0 Å². The van der Waals surface area contributed by atoms with Crippen molar-refractivity contribution in [3.05, 3.63) is 53.8 Å². The van der Waals surface area contributed by atoms with E-state index in [0.717, 1.165) is 0 Å². The van der Waals surface area contributed by atoms with Crippen molar-refractivity contribution in [1.29, 1.82) is 0 Å². The van der Waals surface area contributed by atoms with Gasteiger partial charge in [0.25, 0.3) is 0 Å². The third-order valence-electron chi connectivity index (χ3n) is 2.14. The molecule has 1 aromatic carbocycles. The summed E-state index contributed by atoms with van der Waals surface area (Å²) in [5.74, 6) is -1.20. The van der Waals surface area contributed by atoms with Gasteiger partial charge in [-0.15, -0.1) is 0 Å². The Labute approximate surface area is 91.5 Å². The highest BCUT2D eigenvalue weighted by molar-refractivity contribution is 6.26. The first-order valence-electron chi connectivity index (χ1n) is 4.60. The molecule has 0 saturated carbocycles. The van der Waals surface area contributed by atoms with Crippen LogP contribution in [0.15, 0.2) is 48.2 Å². The normalized spacial score (nSPS) is 18.2. The monoisotopic (exact) mass is 216 g/mol. The lowest BCUT2D eigenvalue weighted by molar-refractivity contribution is -0.134. The average molecular weight is 216 g/mol. The Morgan fingerprint density at radius 2 is 1.81 bits per heavy atom. The van der Waals surface area contributed by atoms with Gasteiger partial charge in [0.15, 0.2) is 5.78 Å². The molecule has 4 heteroatoms. The molecule has 1 N–H and O–H groups in total. The summed E-state index contributed by atoms with van der Waals surface area (Å²) in [6, 6.07) is 8.80. The van der Waals surface area contributed by atoms with Crippen LogP contribution >= 0.6 is 0 Å². The number of rotatable bonds is 1.